The summed E-state index contributed by atoms with van der Waals surface area (Å²) in [6.45, 7) is 0.0263. The Labute approximate surface area is 110 Å². The number of aromatic nitrogens is 1. The minimum atomic E-state index is -0.327. The third kappa shape index (κ3) is 2.74. The van der Waals surface area contributed by atoms with Crippen LogP contribution in [0, 0.1) is 12.3 Å². The lowest BCUT2D eigenvalue weighted by Gasteiger charge is -2.19. The molecular weight excluding hydrogens is 244 g/mol. The summed E-state index contributed by atoms with van der Waals surface area (Å²) in [5.74, 6) is 1.99. The van der Waals surface area contributed by atoms with Gasteiger partial charge < -0.3 is 9.88 Å². The maximum atomic E-state index is 11.8. The van der Waals surface area contributed by atoms with Crippen LogP contribution < -0.4 is 10.9 Å². The van der Waals surface area contributed by atoms with Crippen molar-refractivity contribution in [3.63, 3.8) is 0 Å². The van der Waals surface area contributed by atoms with E-state index in [1.165, 1.54) is 10.6 Å². The Morgan fingerprint density at radius 3 is 2.89 bits per heavy atom. The van der Waals surface area contributed by atoms with E-state index in [9.17, 15) is 14.4 Å². The normalized spacial score (nSPS) is 13.5. The van der Waals surface area contributed by atoms with Gasteiger partial charge in [-0.05, 0) is 18.9 Å². The second-order valence-corrected chi connectivity index (χ2v) is 4.38. The minimum Gasteiger partial charge on any atom is -0.344 e. The van der Waals surface area contributed by atoms with Gasteiger partial charge in [0.25, 0.3) is 5.56 Å². The van der Waals surface area contributed by atoms with E-state index in [2.05, 4.69) is 11.2 Å². The number of fused-ring (bicyclic) bond motifs is 1. The maximum Gasteiger partial charge on any atom is 0.251 e. The van der Waals surface area contributed by atoms with Gasteiger partial charge in [-0.25, -0.2) is 0 Å². The predicted octanol–water partition coefficient (Wildman–Crippen LogP) is 0.117. The van der Waals surface area contributed by atoms with Crippen molar-refractivity contribution in [2.75, 3.05) is 6.54 Å². The average molecular weight is 258 g/mol. The molecule has 0 spiro atoms. The summed E-state index contributed by atoms with van der Waals surface area (Å²) in [6.07, 6.45) is 6.89. The highest BCUT2D eigenvalue weighted by Gasteiger charge is 2.21. The second-order valence-electron chi connectivity index (χ2n) is 4.38. The van der Waals surface area contributed by atoms with Crippen molar-refractivity contribution >= 4 is 11.7 Å². The lowest BCUT2D eigenvalue weighted by molar-refractivity contribution is -0.121. The molecule has 0 radical (unpaired) electrons. The quantitative estimate of drug-likeness (QED) is 0.783. The number of carbonyl (C=O) groups excluding carboxylic acids is 2. The van der Waals surface area contributed by atoms with Crippen molar-refractivity contribution < 1.29 is 9.59 Å². The summed E-state index contributed by atoms with van der Waals surface area (Å²) in [6, 6.07) is 2.88. The zero-order valence-corrected chi connectivity index (χ0v) is 10.4. The summed E-state index contributed by atoms with van der Waals surface area (Å²) >= 11 is 0. The van der Waals surface area contributed by atoms with Crippen LogP contribution in [-0.4, -0.2) is 22.8 Å². The number of hydrogen-bond acceptors (Lipinski definition) is 3. The Bertz CT molecular complexity index is 623. The Hall–Kier alpha value is -2.35. The van der Waals surface area contributed by atoms with Gasteiger partial charge in [0.15, 0.2) is 5.78 Å². The summed E-state index contributed by atoms with van der Waals surface area (Å²) in [4.78, 5) is 35.2. The fourth-order valence-corrected chi connectivity index (χ4v) is 2.22. The van der Waals surface area contributed by atoms with E-state index in [0.29, 0.717) is 30.5 Å². The van der Waals surface area contributed by atoms with Gasteiger partial charge in [0.1, 0.15) is 6.54 Å². The molecule has 0 saturated carbocycles. The molecule has 2 rings (SSSR count). The van der Waals surface area contributed by atoms with Gasteiger partial charge in [-0.15, -0.1) is 6.42 Å². The number of hydrogen-bond donors (Lipinski definition) is 1. The number of nitrogens with zero attached hydrogens (tertiary/aromatic N) is 1. The van der Waals surface area contributed by atoms with E-state index in [1.807, 2.05) is 0 Å². The number of Topliss-reactive ketones (excluding diaryl/α,β-unsaturated/α-hetero) is 1. The van der Waals surface area contributed by atoms with E-state index in [4.69, 9.17) is 6.42 Å². The van der Waals surface area contributed by atoms with Gasteiger partial charge in [0, 0.05) is 23.7 Å². The molecule has 1 N–H and O–H groups in total. The van der Waals surface area contributed by atoms with Crippen molar-refractivity contribution in [2.45, 2.75) is 25.8 Å². The Morgan fingerprint density at radius 1 is 1.37 bits per heavy atom. The summed E-state index contributed by atoms with van der Waals surface area (Å²) in [7, 11) is 0. The van der Waals surface area contributed by atoms with Crippen LogP contribution in [0.3, 0.4) is 0 Å². The largest absolute Gasteiger partial charge is 0.344 e. The molecule has 0 atom stereocenters. The van der Waals surface area contributed by atoms with Gasteiger partial charge in [-0.1, -0.05) is 5.92 Å². The minimum absolute atomic E-state index is 0.0269. The number of rotatable bonds is 3. The average Bonchev–Trinajstić information content (AvgIpc) is 2.40. The van der Waals surface area contributed by atoms with Crippen molar-refractivity contribution in [2.24, 2.45) is 0 Å². The molecule has 0 saturated heterocycles. The molecule has 98 valence electrons. The van der Waals surface area contributed by atoms with Crippen LogP contribution in [0.5, 0.6) is 0 Å². The van der Waals surface area contributed by atoms with Crippen LogP contribution in [0.4, 0.5) is 0 Å². The van der Waals surface area contributed by atoms with Crippen LogP contribution >= 0.6 is 0 Å². The van der Waals surface area contributed by atoms with E-state index in [-0.39, 0.29) is 30.3 Å². The molecule has 0 aliphatic heterocycles. The highest BCUT2D eigenvalue weighted by molar-refractivity contribution is 5.98. The smallest absolute Gasteiger partial charge is 0.251 e. The third-order valence-corrected chi connectivity index (χ3v) is 3.10. The van der Waals surface area contributed by atoms with Crippen LogP contribution in [0.15, 0.2) is 16.9 Å². The van der Waals surface area contributed by atoms with Gasteiger partial charge in [0.2, 0.25) is 5.91 Å². The zero-order chi connectivity index (χ0) is 13.8. The fraction of sp³-hybridized carbons (Fsp3) is 0.357. The topological polar surface area (TPSA) is 68.2 Å². The highest BCUT2D eigenvalue weighted by Crippen LogP contribution is 2.19. The van der Waals surface area contributed by atoms with Crippen molar-refractivity contribution in [1.29, 1.82) is 0 Å². The first-order valence-corrected chi connectivity index (χ1v) is 6.09. The number of terminal acetylenes is 1. The van der Waals surface area contributed by atoms with Crippen LogP contribution in [0.1, 0.15) is 28.9 Å². The van der Waals surface area contributed by atoms with Crippen molar-refractivity contribution in [1.82, 2.24) is 9.88 Å². The number of amides is 1. The first kappa shape index (κ1) is 13.1. The van der Waals surface area contributed by atoms with Crippen LogP contribution in [-0.2, 0) is 17.8 Å². The molecule has 0 fully saturated rings. The summed E-state index contributed by atoms with van der Waals surface area (Å²) in [5, 5.41) is 2.51. The molecule has 1 aromatic rings. The van der Waals surface area contributed by atoms with E-state index in [1.54, 1.807) is 6.07 Å². The third-order valence-electron chi connectivity index (χ3n) is 3.10. The fourth-order valence-electron chi connectivity index (χ4n) is 2.22. The maximum absolute atomic E-state index is 11.8. The Balaban J connectivity index is 2.32. The van der Waals surface area contributed by atoms with Crippen LogP contribution in [0.2, 0.25) is 0 Å². The first-order chi connectivity index (χ1) is 9.13. The number of carbonyl (C=O) groups is 2. The summed E-state index contributed by atoms with van der Waals surface area (Å²) in [5.41, 5.74) is 0.930. The van der Waals surface area contributed by atoms with Gasteiger partial charge in [0.05, 0.1) is 6.54 Å². The monoisotopic (exact) mass is 258 g/mol. The SMILES string of the molecule is C#CCNC(=O)Cn1c2c(ccc1=O)C(=O)CCC2. The molecule has 0 unspecified atom stereocenters. The van der Waals surface area contributed by atoms with Crippen molar-refractivity contribution in [3.8, 4) is 12.3 Å². The molecule has 1 aromatic heterocycles. The molecule has 5 nitrogen and oxygen atoms in total. The zero-order valence-electron chi connectivity index (χ0n) is 10.4. The summed E-state index contributed by atoms with van der Waals surface area (Å²) < 4.78 is 1.36. The second kappa shape index (κ2) is 5.53. The molecule has 19 heavy (non-hydrogen) atoms. The highest BCUT2D eigenvalue weighted by atomic mass is 16.2. The lowest BCUT2D eigenvalue weighted by atomic mass is 9.94. The van der Waals surface area contributed by atoms with Gasteiger partial charge in [-0.2, -0.15) is 0 Å². The lowest BCUT2D eigenvalue weighted by Crippen LogP contribution is -2.35. The Kier molecular flexibility index (Phi) is 3.81. The predicted molar refractivity (Wildman–Crippen MR) is 69.8 cm³/mol. The molecule has 0 aromatic carbocycles. The molecular formula is C14H14N2O3. The molecule has 1 heterocycles. The van der Waals surface area contributed by atoms with E-state index < -0.39 is 0 Å². The molecule has 0 bridgehead atoms. The van der Waals surface area contributed by atoms with Gasteiger partial charge in [-0.3, -0.25) is 14.4 Å². The number of pyridine rings is 1. The molecule has 1 aliphatic rings. The van der Waals surface area contributed by atoms with Crippen molar-refractivity contribution in [3.05, 3.63) is 33.7 Å². The molecule has 5 heteroatoms. The standard InChI is InChI=1S/C14H14N2O3/c1-2-8-15-13(18)9-16-11-4-3-5-12(17)10(11)6-7-14(16)19/h1,6-7H,3-5,8-9H2,(H,15,18). The number of nitrogens with one attached hydrogen (secondary N) is 1. The Morgan fingerprint density at radius 2 is 2.16 bits per heavy atom. The molecule has 1 amide bonds. The van der Waals surface area contributed by atoms with E-state index >= 15 is 0 Å². The first-order valence-electron chi connectivity index (χ1n) is 6.09. The molecule has 1 aliphatic carbocycles. The number of ketones is 1. The van der Waals surface area contributed by atoms with Gasteiger partial charge >= 0.3 is 0 Å². The van der Waals surface area contributed by atoms with Crippen LogP contribution in [0.25, 0.3) is 0 Å². The van der Waals surface area contributed by atoms with E-state index in [0.717, 1.165) is 0 Å².